The highest BCUT2D eigenvalue weighted by Crippen LogP contribution is 2.28. The van der Waals surface area contributed by atoms with E-state index >= 15 is 0 Å². The molecule has 0 aromatic carbocycles. The average Bonchev–Trinajstić information content (AvgIpc) is 1.98. The lowest BCUT2D eigenvalue weighted by Crippen LogP contribution is -1.89. The number of halogens is 4. The molecule has 1 radical (unpaired) electrons. The lowest BCUT2D eigenvalue weighted by atomic mass is 10.5. The highest BCUT2D eigenvalue weighted by Gasteiger charge is 2.27. The van der Waals surface area contributed by atoms with Crippen LogP contribution in [0.3, 0.4) is 0 Å². The predicted octanol–water partition coefficient (Wildman–Crippen LogP) is 1.82. The molecule has 1 aliphatic rings. The van der Waals surface area contributed by atoms with Crippen LogP contribution >= 0.6 is 0 Å². The molecular formula is C4F4N. The first kappa shape index (κ1) is 6.12. The molecule has 0 fully saturated rings. The van der Waals surface area contributed by atoms with Crippen LogP contribution in [0, 0.1) is 0 Å². The van der Waals surface area contributed by atoms with Gasteiger partial charge in [0.15, 0.2) is 0 Å². The van der Waals surface area contributed by atoms with E-state index in [0.717, 1.165) is 0 Å². The zero-order valence-corrected chi connectivity index (χ0v) is 3.96. The molecule has 0 aromatic heterocycles. The minimum Gasteiger partial charge on any atom is -0.198 e. The molecule has 0 saturated heterocycles. The summed E-state index contributed by atoms with van der Waals surface area (Å²) in [6.45, 7) is 0. The third-order valence-electron chi connectivity index (χ3n) is 0.751. The van der Waals surface area contributed by atoms with Crippen molar-refractivity contribution in [2.75, 3.05) is 0 Å². The molecule has 9 heavy (non-hydrogen) atoms. The van der Waals surface area contributed by atoms with Gasteiger partial charge < -0.3 is 0 Å². The van der Waals surface area contributed by atoms with Crippen LogP contribution in [0.5, 0.6) is 0 Å². The Bertz CT molecular complexity index is 183. The summed E-state index contributed by atoms with van der Waals surface area (Å²) >= 11 is 0. The van der Waals surface area contributed by atoms with E-state index in [2.05, 4.69) is 5.32 Å². The molecule has 1 nitrogen and oxygen atoms in total. The van der Waals surface area contributed by atoms with Gasteiger partial charge in [0.1, 0.15) is 0 Å². The highest BCUT2D eigenvalue weighted by molar-refractivity contribution is 5.30. The smallest absolute Gasteiger partial charge is 0.198 e. The first-order chi connectivity index (χ1) is 4.13. The molecular weight excluding hydrogens is 138 g/mol. The molecule has 0 aromatic rings. The number of nitrogens with zero attached hydrogens (tertiary/aromatic N) is 1. The van der Waals surface area contributed by atoms with E-state index < -0.39 is 23.6 Å². The standard InChI is InChI=1S/C4F4N/c5-1-2(6)4(8)9-3(1)7. The molecule has 1 heterocycles. The van der Waals surface area contributed by atoms with Crippen LogP contribution < -0.4 is 5.32 Å². The van der Waals surface area contributed by atoms with Gasteiger partial charge in [-0.1, -0.05) is 0 Å². The van der Waals surface area contributed by atoms with Crippen LogP contribution in [0.4, 0.5) is 17.6 Å². The minimum absolute atomic E-state index is 1.75. The van der Waals surface area contributed by atoms with Crippen molar-refractivity contribution in [3.8, 4) is 0 Å². The lowest BCUT2D eigenvalue weighted by molar-refractivity contribution is 0.487. The summed E-state index contributed by atoms with van der Waals surface area (Å²) in [4.78, 5) is 0. The monoisotopic (exact) mass is 138 g/mol. The maximum Gasteiger partial charge on any atom is 0.254 e. The van der Waals surface area contributed by atoms with Gasteiger partial charge in [0.2, 0.25) is 11.7 Å². The first-order valence-electron chi connectivity index (χ1n) is 1.95. The van der Waals surface area contributed by atoms with Gasteiger partial charge in [0, 0.05) is 0 Å². The van der Waals surface area contributed by atoms with E-state index in [1.807, 2.05) is 0 Å². The van der Waals surface area contributed by atoms with Gasteiger partial charge >= 0.3 is 0 Å². The topological polar surface area (TPSA) is 14.1 Å². The minimum atomic E-state index is -1.87. The third-order valence-corrected chi connectivity index (χ3v) is 0.751. The highest BCUT2D eigenvalue weighted by atomic mass is 19.2. The normalized spacial score (nSPS) is 19.1. The van der Waals surface area contributed by atoms with E-state index in [-0.39, 0.29) is 0 Å². The van der Waals surface area contributed by atoms with Crippen LogP contribution in [0.25, 0.3) is 0 Å². The third kappa shape index (κ3) is 0.778. The van der Waals surface area contributed by atoms with Crippen molar-refractivity contribution in [2.45, 2.75) is 0 Å². The summed E-state index contributed by atoms with van der Waals surface area (Å²) in [5.74, 6) is -7.23. The Labute approximate surface area is 47.7 Å². The second-order valence-corrected chi connectivity index (χ2v) is 1.32. The van der Waals surface area contributed by atoms with Gasteiger partial charge in [-0.25, -0.2) is 0 Å². The second-order valence-electron chi connectivity index (χ2n) is 1.32. The lowest BCUT2D eigenvalue weighted by Gasteiger charge is -1.80. The Balaban J connectivity index is 2.97. The molecule has 0 N–H and O–H groups in total. The SMILES string of the molecule is FC1=C(F)C(F)=C(F)[N]1. The van der Waals surface area contributed by atoms with Crippen molar-refractivity contribution in [2.24, 2.45) is 0 Å². The second kappa shape index (κ2) is 1.75. The van der Waals surface area contributed by atoms with Crippen LogP contribution in [0.1, 0.15) is 0 Å². The van der Waals surface area contributed by atoms with Crippen molar-refractivity contribution >= 4 is 0 Å². The number of hydrogen-bond acceptors (Lipinski definition) is 0. The molecule has 0 bridgehead atoms. The van der Waals surface area contributed by atoms with Crippen LogP contribution in [0.15, 0.2) is 23.6 Å². The molecule has 1 rings (SSSR count). The Morgan fingerprint density at radius 3 is 1.22 bits per heavy atom. The van der Waals surface area contributed by atoms with E-state index in [9.17, 15) is 17.6 Å². The molecule has 0 aliphatic carbocycles. The summed E-state index contributed by atoms with van der Waals surface area (Å²) in [5.41, 5.74) is 0. The Morgan fingerprint density at radius 2 is 1.11 bits per heavy atom. The van der Waals surface area contributed by atoms with Gasteiger partial charge in [-0.15, -0.1) is 0 Å². The summed E-state index contributed by atoms with van der Waals surface area (Å²) < 4.78 is 46.7. The maximum absolute atomic E-state index is 11.7. The van der Waals surface area contributed by atoms with Crippen molar-refractivity contribution in [1.29, 1.82) is 0 Å². The Kier molecular flexibility index (Phi) is 1.19. The number of hydrogen-bond donors (Lipinski definition) is 0. The molecule has 0 spiro atoms. The fourth-order valence-electron chi connectivity index (χ4n) is 0.365. The van der Waals surface area contributed by atoms with Crippen molar-refractivity contribution in [3.05, 3.63) is 23.6 Å². The van der Waals surface area contributed by atoms with Crippen LogP contribution in [0.2, 0.25) is 0 Å². The predicted molar refractivity (Wildman–Crippen MR) is 20.6 cm³/mol. The Morgan fingerprint density at radius 1 is 0.778 bits per heavy atom. The van der Waals surface area contributed by atoms with Crippen molar-refractivity contribution < 1.29 is 17.6 Å². The molecule has 0 unspecified atom stereocenters. The van der Waals surface area contributed by atoms with E-state index in [4.69, 9.17) is 0 Å². The van der Waals surface area contributed by atoms with E-state index in [1.54, 1.807) is 0 Å². The Hall–Kier alpha value is -1.00. The van der Waals surface area contributed by atoms with Gasteiger partial charge in [-0.2, -0.15) is 22.9 Å². The molecule has 0 amide bonds. The first-order valence-corrected chi connectivity index (χ1v) is 1.95. The van der Waals surface area contributed by atoms with E-state index in [0.29, 0.717) is 0 Å². The fraction of sp³-hybridized carbons (Fsp3) is 0. The van der Waals surface area contributed by atoms with Gasteiger partial charge in [-0.05, 0) is 0 Å². The summed E-state index contributed by atoms with van der Waals surface area (Å²) in [7, 11) is 0. The van der Waals surface area contributed by atoms with Gasteiger partial charge in [0.25, 0.3) is 11.9 Å². The number of allylic oxidation sites excluding steroid dienone is 2. The summed E-state index contributed by atoms with van der Waals surface area (Å²) in [6, 6.07) is 0. The number of rotatable bonds is 0. The van der Waals surface area contributed by atoms with Gasteiger partial charge in [0.05, 0.1) is 0 Å². The van der Waals surface area contributed by atoms with Crippen LogP contribution in [-0.4, -0.2) is 0 Å². The van der Waals surface area contributed by atoms with E-state index in [1.165, 1.54) is 0 Å². The largest absolute Gasteiger partial charge is 0.254 e. The molecule has 5 heteroatoms. The van der Waals surface area contributed by atoms with Crippen molar-refractivity contribution in [3.63, 3.8) is 0 Å². The fourth-order valence-corrected chi connectivity index (χ4v) is 0.365. The van der Waals surface area contributed by atoms with Gasteiger partial charge in [-0.3, -0.25) is 0 Å². The zero-order valence-electron chi connectivity index (χ0n) is 3.96. The molecule has 0 saturated carbocycles. The zero-order chi connectivity index (χ0) is 7.02. The van der Waals surface area contributed by atoms with Crippen molar-refractivity contribution in [1.82, 2.24) is 5.32 Å². The molecule has 1 aliphatic heterocycles. The maximum atomic E-state index is 11.7. The molecule has 49 valence electrons. The van der Waals surface area contributed by atoms with Crippen LogP contribution in [-0.2, 0) is 0 Å². The summed E-state index contributed by atoms with van der Waals surface area (Å²) in [6.07, 6.45) is 0. The average molecular weight is 138 g/mol. The molecule has 0 atom stereocenters. The summed E-state index contributed by atoms with van der Waals surface area (Å²) in [5, 5.41) is 2.23. The quantitative estimate of drug-likeness (QED) is 0.358.